The SMILES string of the molecule is COc1ccc(N(Cc2ccc(N(C)C)cc2)C(=O)c2ccc([N+](=O)[O-])cc2Cl)cc1. The number of nitrogens with zero attached hydrogens (tertiary/aromatic N) is 3. The average Bonchev–Trinajstić information content (AvgIpc) is 2.77. The number of methoxy groups -OCH3 is 1. The van der Waals surface area contributed by atoms with E-state index in [9.17, 15) is 14.9 Å². The van der Waals surface area contributed by atoms with Crippen LogP contribution in [-0.4, -0.2) is 32.0 Å². The summed E-state index contributed by atoms with van der Waals surface area (Å²) < 4.78 is 5.21. The molecule has 0 N–H and O–H groups in total. The predicted molar refractivity (Wildman–Crippen MR) is 122 cm³/mol. The Morgan fingerprint density at radius 3 is 2.13 bits per heavy atom. The van der Waals surface area contributed by atoms with Gasteiger partial charge in [-0.15, -0.1) is 0 Å². The van der Waals surface area contributed by atoms with Crippen LogP contribution in [0.5, 0.6) is 5.75 Å². The summed E-state index contributed by atoms with van der Waals surface area (Å²) in [5.41, 5.74) is 2.64. The molecule has 0 atom stereocenters. The molecule has 7 nitrogen and oxygen atoms in total. The minimum absolute atomic E-state index is 0.0284. The number of amides is 1. The second-order valence-electron chi connectivity index (χ2n) is 7.07. The summed E-state index contributed by atoms with van der Waals surface area (Å²) in [6, 6.07) is 18.8. The number of benzene rings is 3. The van der Waals surface area contributed by atoms with Gasteiger partial charge in [0.25, 0.3) is 11.6 Å². The molecule has 3 aromatic carbocycles. The van der Waals surface area contributed by atoms with Crippen molar-refractivity contribution in [1.29, 1.82) is 0 Å². The molecule has 3 rings (SSSR count). The van der Waals surface area contributed by atoms with Crippen LogP contribution >= 0.6 is 11.6 Å². The van der Waals surface area contributed by atoms with Gasteiger partial charge in [-0.1, -0.05) is 23.7 Å². The fourth-order valence-electron chi connectivity index (χ4n) is 3.06. The normalized spacial score (nSPS) is 10.5. The van der Waals surface area contributed by atoms with Gasteiger partial charge in [-0.25, -0.2) is 0 Å². The summed E-state index contributed by atoms with van der Waals surface area (Å²) in [6.07, 6.45) is 0. The third kappa shape index (κ3) is 5.13. The van der Waals surface area contributed by atoms with Crippen LogP contribution in [0.1, 0.15) is 15.9 Å². The highest BCUT2D eigenvalue weighted by molar-refractivity contribution is 6.34. The number of rotatable bonds is 7. The summed E-state index contributed by atoms with van der Waals surface area (Å²) in [5, 5.41) is 11.0. The van der Waals surface area contributed by atoms with E-state index in [1.807, 2.05) is 43.3 Å². The third-order valence-corrected chi connectivity index (χ3v) is 5.13. The molecule has 31 heavy (non-hydrogen) atoms. The van der Waals surface area contributed by atoms with Crippen molar-refractivity contribution in [3.63, 3.8) is 0 Å². The molecule has 0 aliphatic rings. The molecule has 0 unspecified atom stereocenters. The van der Waals surface area contributed by atoms with Crippen molar-refractivity contribution in [3.8, 4) is 5.75 Å². The van der Waals surface area contributed by atoms with Gasteiger partial charge in [0.2, 0.25) is 0 Å². The largest absolute Gasteiger partial charge is 0.497 e. The number of ether oxygens (including phenoxy) is 1. The number of anilines is 2. The summed E-state index contributed by atoms with van der Waals surface area (Å²) in [4.78, 5) is 27.4. The molecular formula is C23H22ClN3O4. The van der Waals surface area contributed by atoms with Crippen LogP contribution in [0.25, 0.3) is 0 Å². The molecule has 0 bridgehead atoms. The Bertz CT molecular complexity index is 1080. The zero-order chi connectivity index (χ0) is 22.5. The Morgan fingerprint density at radius 2 is 1.61 bits per heavy atom. The molecule has 0 spiro atoms. The third-order valence-electron chi connectivity index (χ3n) is 4.82. The second-order valence-corrected chi connectivity index (χ2v) is 7.48. The lowest BCUT2D eigenvalue weighted by Crippen LogP contribution is -2.30. The van der Waals surface area contributed by atoms with E-state index < -0.39 is 4.92 Å². The standard InChI is InChI=1S/C23H22ClN3O4/c1-25(2)17-6-4-16(5-7-17)15-26(18-8-11-20(31-3)12-9-18)23(28)21-13-10-19(27(29)30)14-22(21)24/h4-14H,15H2,1-3H3. The predicted octanol–water partition coefficient (Wildman–Crippen LogP) is 5.17. The van der Waals surface area contributed by atoms with E-state index in [1.165, 1.54) is 18.2 Å². The van der Waals surface area contributed by atoms with E-state index in [1.54, 1.807) is 36.3 Å². The molecule has 0 fully saturated rings. The van der Waals surface area contributed by atoms with Crippen LogP contribution < -0.4 is 14.5 Å². The highest BCUT2D eigenvalue weighted by Gasteiger charge is 2.22. The summed E-state index contributed by atoms with van der Waals surface area (Å²) in [5.74, 6) is 0.307. The van der Waals surface area contributed by atoms with Gasteiger partial charge in [0, 0.05) is 37.6 Å². The molecule has 0 saturated carbocycles. The van der Waals surface area contributed by atoms with Crippen LogP contribution in [0, 0.1) is 10.1 Å². The van der Waals surface area contributed by atoms with Gasteiger partial charge in [-0.2, -0.15) is 0 Å². The highest BCUT2D eigenvalue weighted by atomic mass is 35.5. The number of halogens is 1. The molecule has 0 aliphatic heterocycles. The first kappa shape index (κ1) is 22.1. The maximum absolute atomic E-state index is 13.4. The number of non-ortho nitro benzene ring substituents is 1. The van der Waals surface area contributed by atoms with Crippen LogP contribution in [0.3, 0.4) is 0 Å². The molecule has 0 saturated heterocycles. The number of hydrogen-bond acceptors (Lipinski definition) is 5. The Hall–Kier alpha value is -3.58. The first-order valence-electron chi connectivity index (χ1n) is 9.46. The van der Waals surface area contributed by atoms with Gasteiger partial charge in [0.05, 0.1) is 29.2 Å². The smallest absolute Gasteiger partial charge is 0.270 e. The molecule has 0 aliphatic carbocycles. The number of hydrogen-bond donors (Lipinski definition) is 0. The van der Waals surface area contributed by atoms with Crippen molar-refractivity contribution in [1.82, 2.24) is 0 Å². The van der Waals surface area contributed by atoms with Gasteiger partial charge in [-0.05, 0) is 48.0 Å². The highest BCUT2D eigenvalue weighted by Crippen LogP contribution is 2.28. The Morgan fingerprint density at radius 1 is 1.00 bits per heavy atom. The van der Waals surface area contributed by atoms with Gasteiger partial charge in [-0.3, -0.25) is 14.9 Å². The zero-order valence-corrected chi connectivity index (χ0v) is 18.2. The average molecular weight is 440 g/mol. The first-order valence-corrected chi connectivity index (χ1v) is 9.84. The van der Waals surface area contributed by atoms with Gasteiger partial charge in [0.15, 0.2) is 0 Å². The number of carbonyl (C=O) groups excluding carboxylic acids is 1. The molecule has 0 aromatic heterocycles. The molecule has 8 heteroatoms. The van der Waals surface area contributed by atoms with E-state index >= 15 is 0 Å². The van der Waals surface area contributed by atoms with E-state index in [2.05, 4.69) is 0 Å². The topological polar surface area (TPSA) is 75.9 Å². The van der Waals surface area contributed by atoms with Gasteiger partial charge >= 0.3 is 0 Å². The monoisotopic (exact) mass is 439 g/mol. The molecule has 160 valence electrons. The summed E-state index contributed by atoms with van der Waals surface area (Å²) >= 11 is 6.23. The van der Waals surface area contributed by atoms with Crippen molar-refractivity contribution in [3.05, 3.63) is 93.0 Å². The molecule has 0 radical (unpaired) electrons. The number of nitro groups is 1. The van der Waals surface area contributed by atoms with Crippen molar-refractivity contribution in [2.45, 2.75) is 6.54 Å². The lowest BCUT2D eigenvalue weighted by atomic mass is 10.1. The fourth-order valence-corrected chi connectivity index (χ4v) is 3.32. The Balaban J connectivity index is 1.98. The van der Waals surface area contributed by atoms with Crippen molar-refractivity contribution in [2.75, 3.05) is 31.0 Å². The molecule has 1 amide bonds. The van der Waals surface area contributed by atoms with Crippen LogP contribution in [-0.2, 0) is 6.54 Å². The summed E-state index contributed by atoms with van der Waals surface area (Å²) in [6.45, 7) is 0.298. The lowest BCUT2D eigenvalue weighted by Gasteiger charge is -2.24. The summed E-state index contributed by atoms with van der Waals surface area (Å²) in [7, 11) is 5.48. The van der Waals surface area contributed by atoms with Crippen molar-refractivity contribution >= 4 is 34.6 Å². The quantitative estimate of drug-likeness (QED) is 0.375. The number of carbonyl (C=O) groups is 1. The van der Waals surface area contributed by atoms with E-state index in [4.69, 9.17) is 16.3 Å². The molecule has 3 aromatic rings. The van der Waals surface area contributed by atoms with Gasteiger partial charge < -0.3 is 14.5 Å². The zero-order valence-electron chi connectivity index (χ0n) is 17.4. The fraction of sp³-hybridized carbons (Fsp3) is 0.174. The van der Waals surface area contributed by atoms with Crippen molar-refractivity contribution < 1.29 is 14.5 Å². The van der Waals surface area contributed by atoms with Crippen LogP contribution in [0.2, 0.25) is 5.02 Å². The number of nitro benzene ring substituents is 1. The van der Waals surface area contributed by atoms with Crippen molar-refractivity contribution in [2.24, 2.45) is 0 Å². The van der Waals surface area contributed by atoms with Crippen LogP contribution in [0.4, 0.5) is 17.1 Å². The van der Waals surface area contributed by atoms with E-state index in [0.717, 1.165) is 11.3 Å². The maximum Gasteiger partial charge on any atom is 0.270 e. The first-order chi connectivity index (χ1) is 14.8. The van der Waals surface area contributed by atoms with E-state index in [-0.39, 0.29) is 22.2 Å². The Kier molecular flexibility index (Phi) is 6.77. The minimum Gasteiger partial charge on any atom is -0.497 e. The molecule has 0 heterocycles. The van der Waals surface area contributed by atoms with Gasteiger partial charge in [0.1, 0.15) is 5.75 Å². The minimum atomic E-state index is -0.548. The van der Waals surface area contributed by atoms with E-state index in [0.29, 0.717) is 18.0 Å². The van der Waals surface area contributed by atoms with Crippen LogP contribution in [0.15, 0.2) is 66.7 Å². The maximum atomic E-state index is 13.4. The molecular weight excluding hydrogens is 418 g/mol. The lowest BCUT2D eigenvalue weighted by molar-refractivity contribution is -0.384. The Labute approximate surface area is 185 Å². The second kappa shape index (κ2) is 9.49.